The molecule has 2 atom stereocenters. The van der Waals surface area contributed by atoms with Crippen LogP contribution in [0, 0.1) is 0 Å². The van der Waals surface area contributed by atoms with Crippen molar-refractivity contribution in [3.63, 3.8) is 0 Å². The van der Waals surface area contributed by atoms with E-state index < -0.39 is 42.8 Å². The first kappa shape index (κ1) is 22.9. The predicted molar refractivity (Wildman–Crippen MR) is 108 cm³/mol. The van der Waals surface area contributed by atoms with Gasteiger partial charge in [-0.3, -0.25) is 0 Å². The second-order valence-electron chi connectivity index (χ2n) is 8.24. The van der Waals surface area contributed by atoms with E-state index in [1.165, 1.54) is 0 Å². The van der Waals surface area contributed by atoms with Gasteiger partial charge in [-0.1, -0.05) is 19.8 Å². The van der Waals surface area contributed by atoms with Gasteiger partial charge >= 0.3 is 42.8 Å². The minimum atomic E-state index is -2.78. The number of aliphatic hydroxyl groups is 1. The Morgan fingerprint density at radius 3 is 1.46 bits per heavy atom. The fraction of sp³-hybridized carbons (Fsp3) is 1.00. The molecule has 11 heteroatoms. The molecule has 1 N–H and O–H groups in total. The van der Waals surface area contributed by atoms with Crippen molar-refractivity contribution in [1.29, 1.82) is 0 Å². The van der Waals surface area contributed by atoms with Crippen molar-refractivity contribution in [2.45, 2.75) is 78.2 Å². The molecule has 1 heterocycles. The second kappa shape index (κ2) is 7.84. The number of hydrogen-bond donors (Lipinski definition) is 1. The highest BCUT2D eigenvalue weighted by atomic mass is 28.5. The Morgan fingerprint density at radius 1 is 0.625 bits per heavy atom. The van der Waals surface area contributed by atoms with Crippen LogP contribution in [0.5, 0.6) is 0 Å². The van der Waals surface area contributed by atoms with Crippen molar-refractivity contribution in [3.05, 3.63) is 0 Å². The third kappa shape index (κ3) is 7.22. The third-order valence-corrected chi connectivity index (χ3v) is 24.2. The van der Waals surface area contributed by atoms with E-state index in [9.17, 15) is 5.11 Å². The van der Waals surface area contributed by atoms with Gasteiger partial charge in [0.15, 0.2) is 0 Å². The maximum atomic E-state index is 10.0. The smallest absolute Gasteiger partial charge is 0.343 e. The lowest BCUT2D eigenvalue weighted by Crippen LogP contribution is -2.66. The summed E-state index contributed by atoms with van der Waals surface area (Å²) in [4.78, 5) is 0. The maximum absolute atomic E-state index is 10.0. The molecule has 0 aliphatic carbocycles. The van der Waals surface area contributed by atoms with Crippen LogP contribution >= 0.6 is 0 Å². The summed E-state index contributed by atoms with van der Waals surface area (Å²) in [5.41, 5.74) is 0. The van der Waals surface area contributed by atoms with E-state index in [-0.39, 0.29) is 6.23 Å². The molecule has 1 rings (SSSR count). The standard InChI is InChI=1S/C13H36O6Si5/c1-10-11-12-23(8)17-21(4,5)15-20(2,3)16-22(6,7)18-24(9,13-14)19-23/h14H,10-13H2,1-9H3. The summed E-state index contributed by atoms with van der Waals surface area (Å²) in [7, 11) is -12.6. The molecule has 1 aliphatic heterocycles. The number of hydrogen-bond acceptors (Lipinski definition) is 6. The zero-order valence-corrected chi connectivity index (χ0v) is 21.8. The van der Waals surface area contributed by atoms with Crippen LogP contribution in [0.1, 0.15) is 19.8 Å². The quantitative estimate of drug-likeness (QED) is 0.689. The van der Waals surface area contributed by atoms with Crippen molar-refractivity contribution < 1.29 is 25.7 Å². The Bertz CT molecular complexity index is 435. The number of unbranched alkanes of at least 4 members (excludes halogenated alkanes) is 1. The Morgan fingerprint density at radius 2 is 1.04 bits per heavy atom. The number of aliphatic hydroxyl groups excluding tert-OH is 1. The largest absolute Gasteiger partial charge is 0.416 e. The molecule has 0 aromatic rings. The van der Waals surface area contributed by atoms with Crippen LogP contribution in [0.15, 0.2) is 0 Å². The van der Waals surface area contributed by atoms with E-state index in [1.807, 2.05) is 19.6 Å². The zero-order chi connectivity index (χ0) is 18.9. The lowest BCUT2D eigenvalue weighted by Gasteiger charge is -2.47. The monoisotopic (exact) mass is 428 g/mol. The fourth-order valence-corrected chi connectivity index (χ4v) is 29.9. The van der Waals surface area contributed by atoms with Crippen molar-refractivity contribution in [1.82, 2.24) is 0 Å². The lowest BCUT2D eigenvalue weighted by atomic mass is 10.4. The van der Waals surface area contributed by atoms with E-state index >= 15 is 0 Å². The molecule has 144 valence electrons. The molecule has 1 saturated heterocycles. The predicted octanol–water partition coefficient (Wildman–Crippen LogP) is 3.66. The Balaban J connectivity index is 3.26. The second-order valence-corrected chi connectivity index (χ2v) is 26.1. The first-order valence-electron chi connectivity index (χ1n) is 8.77. The minimum absolute atomic E-state index is 0.0876. The summed E-state index contributed by atoms with van der Waals surface area (Å²) < 4.78 is 32.1. The summed E-state index contributed by atoms with van der Waals surface area (Å²) in [5, 5.41) is 10.0. The SMILES string of the molecule is CCCC[Si]1(C)O[Si](C)(C)O[Si](C)(C)O[Si](C)(C)O[Si](C)(CO)O1. The molecule has 1 aliphatic rings. The molecule has 0 saturated carbocycles. The minimum Gasteiger partial charge on any atom is -0.416 e. The van der Waals surface area contributed by atoms with Crippen molar-refractivity contribution in [3.8, 4) is 0 Å². The molecule has 1 fully saturated rings. The fourth-order valence-electron chi connectivity index (χ4n) is 3.45. The Labute approximate surface area is 153 Å². The Kier molecular flexibility index (Phi) is 7.47. The average molecular weight is 429 g/mol. The lowest BCUT2D eigenvalue weighted by molar-refractivity contribution is 0.208. The van der Waals surface area contributed by atoms with Gasteiger partial charge in [0.25, 0.3) is 0 Å². The summed E-state index contributed by atoms with van der Waals surface area (Å²) in [6, 6.07) is 0.889. The van der Waals surface area contributed by atoms with Crippen molar-refractivity contribution in [2.24, 2.45) is 0 Å². The molecule has 0 aromatic carbocycles. The van der Waals surface area contributed by atoms with Gasteiger partial charge in [-0.2, -0.15) is 0 Å². The maximum Gasteiger partial charge on any atom is 0.343 e. The van der Waals surface area contributed by atoms with Gasteiger partial charge < -0.3 is 25.7 Å². The molecule has 0 bridgehead atoms. The van der Waals surface area contributed by atoms with Crippen molar-refractivity contribution in [2.75, 3.05) is 6.23 Å². The van der Waals surface area contributed by atoms with Gasteiger partial charge in [0.2, 0.25) is 0 Å². The molecule has 0 spiro atoms. The van der Waals surface area contributed by atoms with Crippen LogP contribution in [-0.2, 0) is 20.6 Å². The van der Waals surface area contributed by atoms with Crippen molar-refractivity contribution >= 4 is 42.8 Å². The highest BCUT2D eigenvalue weighted by molar-refractivity contribution is 6.93. The van der Waals surface area contributed by atoms with Crippen LogP contribution < -0.4 is 0 Å². The van der Waals surface area contributed by atoms with E-state index in [4.69, 9.17) is 20.6 Å². The molecule has 0 aromatic heterocycles. The first-order valence-corrected chi connectivity index (χ1v) is 22.3. The summed E-state index contributed by atoms with van der Waals surface area (Å²) in [5.74, 6) is 0. The number of rotatable bonds is 4. The van der Waals surface area contributed by atoms with Crippen LogP contribution in [0.2, 0.25) is 58.4 Å². The van der Waals surface area contributed by atoms with Crippen LogP contribution in [0.3, 0.4) is 0 Å². The molecular formula is C13H36O6Si5. The van der Waals surface area contributed by atoms with E-state index in [0.29, 0.717) is 0 Å². The molecule has 0 amide bonds. The van der Waals surface area contributed by atoms with Gasteiger partial charge in [0.05, 0.1) is 6.23 Å². The van der Waals surface area contributed by atoms with Gasteiger partial charge in [-0.15, -0.1) is 0 Å². The van der Waals surface area contributed by atoms with E-state index in [2.05, 4.69) is 39.7 Å². The molecule has 2 unspecified atom stereocenters. The van der Waals surface area contributed by atoms with Crippen LogP contribution in [0.4, 0.5) is 0 Å². The zero-order valence-electron chi connectivity index (χ0n) is 16.8. The normalized spacial score (nSPS) is 36.2. The highest BCUT2D eigenvalue weighted by Gasteiger charge is 2.53. The van der Waals surface area contributed by atoms with Gasteiger partial charge in [0.1, 0.15) is 0 Å². The molecule has 6 nitrogen and oxygen atoms in total. The third-order valence-electron chi connectivity index (χ3n) is 3.61. The van der Waals surface area contributed by atoms with E-state index in [0.717, 1.165) is 18.9 Å². The van der Waals surface area contributed by atoms with Crippen LogP contribution in [0.25, 0.3) is 0 Å². The summed E-state index contributed by atoms with van der Waals surface area (Å²) in [6.45, 7) is 18.4. The van der Waals surface area contributed by atoms with Gasteiger partial charge in [-0.05, 0) is 58.4 Å². The summed E-state index contributed by atoms with van der Waals surface area (Å²) in [6.07, 6.45) is 2.04. The molecule has 0 radical (unpaired) electrons. The first-order chi connectivity index (χ1) is 10.7. The summed E-state index contributed by atoms with van der Waals surface area (Å²) >= 11 is 0. The molecular weight excluding hydrogens is 393 g/mol. The topological polar surface area (TPSA) is 66.4 Å². The average Bonchev–Trinajstić information content (AvgIpc) is 2.30. The Hall–Kier alpha value is 0.844. The van der Waals surface area contributed by atoms with E-state index in [1.54, 1.807) is 0 Å². The van der Waals surface area contributed by atoms with Gasteiger partial charge in [0, 0.05) is 0 Å². The van der Waals surface area contributed by atoms with Crippen LogP contribution in [-0.4, -0.2) is 54.1 Å². The highest BCUT2D eigenvalue weighted by Crippen LogP contribution is 2.32. The van der Waals surface area contributed by atoms with Gasteiger partial charge in [-0.25, -0.2) is 0 Å². The molecule has 24 heavy (non-hydrogen) atoms.